The zero-order valence-corrected chi connectivity index (χ0v) is 17.9. The van der Waals surface area contributed by atoms with Gasteiger partial charge in [0.1, 0.15) is 24.7 Å². The summed E-state index contributed by atoms with van der Waals surface area (Å²) in [7, 11) is -0.530. The van der Waals surface area contributed by atoms with Gasteiger partial charge in [-0.2, -0.15) is 0 Å². The van der Waals surface area contributed by atoms with Crippen molar-refractivity contribution in [3.8, 4) is 11.5 Å². The van der Waals surface area contributed by atoms with E-state index in [1.807, 2.05) is 24.3 Å². The minimum Gasteiger partial charge on any atom is -0.490 e. The summed E-state index contributed by atoms with van der Waals surface area (Å²) in [6.07, 6.45) is 0. The molecule has 0 radical (unpaired) electrons. The monoisotopic (exact) mass is 421 g/mol. The number of nitrogens with zero attached hydrogens (tertiary/aromatic N) is 1. The molecular weight excluding hydrogens is 394 g/mol. The predicted octanol–water partition coefficient (Wildman–Crippen LogP) is 3.06. The zero-order valence-electron chi connectivity index (χ0n) is 17.1. The van der Waals surface area contributed by atoms with E-state index in [1.165, 1.54) is 31.8 Å². The zero-order chi connectivity index (χ0) is 21.4. The number of benzene rings is 2. The van der Waals surface area contributed by atoms with Gasteiger partial charge in [0.05, 0.1) is 4.90 Å². The molecule has 29 heavy (non-hydrogen) atoms. The standard InChI is InChI=1S/C21H27NO6S/c1-16(2)17-5-7-19(8-6-17)28-15-21(23)27-14-13-26-18-9-11-20(12-10-18)29(24,25)22(3)4/h5-12,16H,13-15H2,1-4H3. The number of esters is 1. The largest absolute Gasteiger partial charge is 0.490 e. The normalized spacial score (nSPS) is 11.5. The summed E-state index contributed by atoms with van der Waals surface area (Å²) >= 11 is 0. The lowest BCUT2D eigenvalue weighted by molar-refractivity contribution is -0.146. The Balaban J connectivity index is 1.70. The lowest BCUT2D eigenvalue weighted by atomic mass is 10.0. The second-order valence-corrected chi connectivity index (χ2v) is 8.99. The first-order valence-electron chi connectivity index (χ1n) is 9.24. The molecule has 0 aliphatic carbocycles. The van der Waals surface area contributed by atoms with Gasteiger partial charge in [-0.1, -0.05) is 26.0 Å². The highest BCUT2D eigenvalue weighted by atomic mass is 32.2. The van der Waals surface area contributed by atoms with Gasteiger partial charge in [-0.3, -0.25) is 0 Å². The molecule has 8 heteroatoms. The Morgan fingerprint density at radius 3 is 2.00 bits per heavy atom. The predicted molar refractivity (Wildman–Crippen MR) is 110 cm³/mol. The number of carbonyl (C=O) groups excluding carboxylic acids is 1. The molecule has 0 unspecified atom stereocenters. The number of ether oxygens (including phenoxy) is 3. The Morgan fingerprint density at radius 2 is 1.45 bits per heavy atom. The van der Waals surface area contributed by atoms with Crippen LogP contribution in [0.15, 0.2) is 53.4 Å². The van der Waals surface area contributed by atoms with Crippen LogP contribution in [0.4, 0.5) is 0 Å². The second kappa shape index (κ2) is 10.3. The lowest BCUT2D eigenvalue weighted by Crippen LogP contribution is -2.22. The lowest BCUT2D eigenvalue weighted by Gasteiger charge is -2.12. The second-order valence-electron chi connectivity index (χ2n) is 6.84. The molecule has 0 saturated carbocycles. The topological polar surface area (TPSA) is 82.1 Å². The fourth-order valence-electron chi connectivity index (χ4n) is 2.37. The highest BCUT2D eigenvalue weighted by Crippen LogP contribution is 2.19. The Labute approximate surface area is 172 Å². The summed E-state index contributed by atoms with van der Waals surface area (Å²) in [5.74, 6) is 1.03. The molecule has 0 saturated heterocycles. The van der Waals surface area contributed by atoms with Gasteiger partial charge < -0.3 is 14.2 Å². The van der Waals surface area contributed by atoms with Crippen LogP contribution in [0.2, 0.25) is 0 Å². The van der Waals surface area contributed by atoms with E-state index in [0.717, 1.165) is 4.31 Å². The summed E-state index contributed by atoms with van der Waals surface area (Å²) in [5, 5.41) is 0. The van der Waals surface area contributed by atoms with Crippen LogP contribution in [-0.4, -0.2) is 52.6 Å². The van der Waals surface area contributed by atoms with E-state index >= 15 is 0 Å². The molecule has 0 spiro atoms. The molecule has 0 amide bonds. The summed E-state index contributed by atoms with van der Waals surface area (Å²) in [6.45, 7) is 4.24. The van der Waals surface area contributed by atoms with E-state index in [9.17, 15) is 13.2 Å². The first-order chi connectivity index (χ1) is 13.7. The Morgan fingerprint density at radius 1 is 0.897 bits per heavy atom. The average molecular weight is 422 g/mol. The van der Waals surface area contributed by atoms with Gasteiger partial charge >= 0.3 is 5.97 Å². The quantitative estimate of drug-likeness (QED) is 0.433. The van der Waals surface area contributed by atoms with Gasteiger partial charge in [0.25, 0.3) is 0 Å². The van der Waals surface area contributed by atoms with Crippen molar-refractivity contribution < 1.29 is 27.4 Å². The van der Waals surface area contributed by atoms with E-state index in [0.29, 0.717) is 17.4 Å². The fraction of sp³-hybridized carbons (Fsp3) is 0.381. The van der Waals surface area contributed by atoms with Crippen molar-refractivity contribution in [2.75, 3.05) is 33.9 Å². The van der Waals surface area contributed by atoms with E-state index in [4.69, 9.17) is 14.2 Å². The summed E-state index contributed by atoms with van der Waals surface area (Å²) in [4.78, 5) is 11.9. The average Bonchev–Trinajstić information content (AvgIpc) is 2.70. The first kappa shape index (κ1) is 22.7. The summed E-state index contributed by atoms with van der Waals surface area (Å²) in [6, 6.07) is 13.6. The smallest absolute Gasteiger partial charge is 0.344 e. The van der Waals surface area contributed by atoms with Crippen molar-refractivity contribution in [3.05, 3.63) is 54.1 Å². The van der Waals surface area contributed by atoms with Gasteiger partial charge in [-0.05, 0) is 47.9 Å². The maximum atomic E-state index is 12.0. The number of carbonyl (C=O) groups is 1. The molecule has 0 fully saturated rings. The van der Waals surface area contributed by atoms with Crippen molar-refractivity contribution in [1.29, 1.82) is 0 Å². The van der Waals surface area contributed by atoms with Crippen molar-refractivity contribution in [1.82, 2.24) is 4.31 Å². The number of sulfonamides is 1. The van der Waals surface area contributed by atoms with Crippen molar-refractivity contribution in [2.24, 2.45) is 0 Å². The molecule has 0 aromatic heterocycles. The van der Waals surface area contributed by atoms with Gasteiger partial charge in [0.2, 0.25) is 10.0 Å². The van der Waals surface area contributed by atoms with Gasteiger partial charge in [0, 0.05) is 14.1 Å². The van der Waals surface area contributed by atoms with Crippen LogP contribution in [-0.2, 0) is 19.6 Å². The van der Waals surface area contributed by atoms with E-state index in [-0.39, 0.29) is 24.7 Å². The Bertz CT molecular complexity index is 890. The Kier molecular flexibility index (Phi) is 8.04. The number of hydrogen-bond acceptors (Lipinski definition) is 6. The fourth-order valence-corrected chi connectivity index (χ4v) is 3.27. The van der Waals surface area contributed by atoms with Crippen LogP contribution in [0.5, 0.6) is 11.5 Å². The SMILES string of the molecule is CC(C)c1ccc(OCC(=O)OCCOc2ccc(S(=O)(=O)N(C)C)cc2)cc1. The number of hydrogen-bond donors (Lipinski definition) is 0. The molecule has 7 nitrogen and oxygen atoms in total. The molecule has 0 N–H and O–H groups in total. The molecule has 0 aliphatic rings. The van der Waals surface area contributed by atoms with Gasteiger partial charge in [-0.15, -0.1) is 0 Å². The van der Waals surface area contributed by atoms with Crippen molar-refractivity contribution in [3.63, 3.8) is 0 Å². The van der Waals surface area contributed by atoms with Crippen LogP contribution in [0, 0.1) is 0 Å². The van der Waals surface area contributed by atoms with Crippen LogP contribution in [0.25, 0.3) is 0 Å². The minimum absolute atomic E-state index is 0.0617. The molecular formula is C21H27NO6S. The first-order valence-corrected chi connectivity index (χ1v) is 10.7. The van der Waals surface area contributed by atoms with Crippen LogP contribution >= 0.6 is 0 Å². The van der Waals surface area contributed by atoms with Crippen LogP contribution in [0.1, 0.15) is 25.3 Å². The Hall–Kier alpha value is -2.58. The molecule has 2 rings (SSSR count). The van der Waals surface area contributed by atoms with Crippen molar-refractivity contribution in [2.45, 2.75) is 24.7 Å². The highest BCUT2D eigenvalue weighted by Gasteiger charge is 2.16. The van der Waals surface area contributed by atoms with Crippen molar-refractivity contribution >= 4 is 16.0 Å². The summed E-state index contributed by atoms with van der Waals surface area (Å²) < 4.78 is 41.1. The molecule has 0 bridgehead atoms. The molecule has 0 heterocycles. The molecule has 158 valence electrons. The highest BCUT2D eigenvalue weighted by molar-refractivity contribution is 7.89. The maximum absolute atomic E-state index is 12.0. The van der Waals surface area contributed by atoms with E-state index < -0.39 is 16.0 Å². The molecule has 2 aromatic rings. The summed E-state index contributed by atoms with van der Waals surface area (Å²) in [5.41, 5.74) is 1.20. The van der Waals surface area contributed by atoms with Gasteiger partial charge in [0.15, 0.2) is 6.61 Å². The molecule has 2 aromatic carbocycles. The minimum atomic E-state index is -3.47. The van der Waals surface area contributed by atoms with Crippen LogP contribution < -0.4 is 9.47 Å². The third-order valence-corrected chi connectivity index (χ3v) is 5.95. The van der Waals surface area contributed by atoms with Crippen LogP contribution in [0.3, 0.4) is 0 Å². The maximum Gasteiger partial charge on any atom is 0.344 e. The third-order valence-electron chi connectivity index (χ3n) is 4.12. The van der Waals surface area contributed by atoms with E-state index in [2.05, 4.69) is 13.8 Å². The van der Waals surface area contributed by atoms with E-state index in [1.54, 1.807) is 12.1 Å². The molecule has 0 aliphatic heterocycles. The number of rotatable bonds is 10. The third kappa shape index (κ3) is 6.76. The van der Waals surface area contributed by atoms with Gasteiger partial charge in [-0.25, -0.2) is 17.5 Å². The molecule has 0 atom stereocenters.